The molecule has 2 heteroatoms. The van der Waals surface area contributed by atoms with Gasteiger partial charge in [-0.3, -0.25) is 4.79 Å². The highest BCUT2D eigenvalue weighted by molar-refractivity contribution is 6.05. The topological polar surface area (TPSA) is 37.3 Å². The molecule has 1 unspecified atom stereocenters. The number of carbonyl (C=O) groups excluding carboxylic acids is 1. The summed E-state index contributed by atoms with van der Waals surface area (Å²) in [4.78, 5) is 11.5. The maximum Gasteiger partial charge on any atom is 0.184 e. The van der Waals surface area contributed by atoms with Crippen molar-refractivity contribution < 1.29 is 9.90 Å². The SMILES string of the molecule is CC12CCCCC1=CC(=O)/C(=C/O)C2. The van der Waals surface area contributed by atoms with E-state index in [2.05, 4.69) is 6.92 Å². The van der Waals surface area contributed by atoms with Crippen LogP contribution in [-0.2, 0) is 4.79 Å². The first-order valence-electron chi connectivity index (χ1n) is 5.24. The van der Waals surface area contributed by atoms with Gasteiger partial charge in [-0.15, -0.1) is 0 Å². The van der Waals surface area contributed by atoms with E-state index in [-0.39, 0.29) is 11.2 Å². The van der Waals surface area contributed by atoms with Crippen molar-refractivity contribution in [1.82, 2.24) is 0 Å². The first-order valence-corrected chi connectivity index (χ1v) is 5.24. The van der Waals surface area contributed by atoms with Gasteiger partial charge < -0.3 is 5.11 Å². The average molecular weight is 192 g/mol. The van der Waals surface area contributed by atoms with Gasteiger partial charge in [0.15, 0.2) is 5.78 Å². The Labute approximate surface area is 84.3 Å². The van der Waals surface area contributed by atoms with Gasteiger partial charge in [-0.1, -0.05) is 18.9 Å². The minimum Gasteiger partial charge on any atom is -0.515 e. The molecule has 0 amide bonds. The molecular formula is C12H16O2. The maximum absolute atomic E-state index is 11.5. The normalized spacial score (nSPS) is 35.4. The number of ketones is 1. The quantitative estimate of drug-likeness (QED) is 0.473. The van der Waals surface area contributed by atoms with Crippen molar-refractivity contribution in [2.45, 2.75) is 39.0 Å². The highest BCUT2D eigenvalue weighted by atomic mass is 16.2. The molecule has 0 aromatic heterocycles. The second-order valence-electron chi connectivity index (χ2n) is 4.63. The molecule has 0 aromatic rings. The van der Waals surface area contributed by atoms with Gasteiger partial charge in [-0.25, -0.2) is 0 Å². The number of fused-ring (bicyclic) bond motifs is 1. The Hall–Kier alpha value is -1.05. The van der Waals surface area contributed by atoms with Crippen LogP contribution in [0.2, 0.25) is 0 Å². The van der Waals surface area contributed by atoms with E-state index in [1.165, 1.54) is 18.4 Å². The molecule has 1 N–H and O–H groups in total. The van der Waals surface area contributed by atoms with E-state index in [9.17, 15) is 4.79 Å². The van der Waals surface area contributed by atoms with Gasteiger partial charge in [-0.05, 0) is 37.2 Å². The molecule has 1 saturated carbocycles. The van der Waals surface area contributed by atoms with E-state index in [1.807, 2.05) is 0 Å². The van der Waals surface area contributed by atoms with Gasteiger partial charge in [0.1, 0.15) is 0 Å². The van der Waals surface area contributed by atoms with Crippen molar-refractivity contribution in [3.8, 4) is 0 Å². The number of aliphatic hydroxyl groups is 1. The average Bonchev–Trinajstić information content (AvgIpc) is 2.18. The third-order valence-electron chi connectivity index (χ3n) is 3.56. The Bertz CT molecular complexity index is 325. The molecule has 2 nitrogen and oxygen atoms in total. The standard InChI is InChI=1S/C12H16O2/c1-12-5-3-2-4-10(12)6-11(14)9(7-12)8-13/h6,8,13H,2-5,7H2,1H3/b9-8+. The van der Waals surface area contributed by atoms with Crippen LogP contribution in [0.3, 0.4) is 0 Å². The van der Waals surface area contributed by atoms with Crippen molar-refractivity contribution in [3.63, 3.8) is 0 Å². The van der Waals surface area contributed by atoms with E-state index in [0.29, 0.717) is 12.0 Å². The summed E-state index contributed by atoms with van der Waals surface area (Å²) >= 11 is 0. The molecular weight excluding hydrogens is 176 g/mol. The molecule has 0 spiro atoms. The molecule has 0 saturated heterocycles. The smallest absolute Gasteiger partial charge is 0.184 e. The molecule has 2 aliphatic rings. The van der Waals surface area contributed by atoms with Crippen LogP contribution >= 0.6 is 0 Å². The number of hydrogen-bond acceptors (Lipinski definition) is 2. The fourth-order valence-corrected chi connectivity index (χ4v) is 2.61. The van der Waals surface area contributed by atoms with Crippen LogP contribution in [0.4, 0.5) is 0 Å². The summed E-state index contributed by atoms with van der Waals surface area (Å²) in [5.41, 5.74) is 2.00. The fourth-order valence-electron chi connectivity index (χ4n) is 2.61. The molecule has 0 bridgehead atoms. The van der Waals surface area contributed by atoms with Crippen LogP contribution in [0.1, 0.15) is 39.0 Å². The zero-order chi connectivity index (χ0) is 10.2. The van der Waals surface area contributed by atoms with E-state index < -0.39 is 0 Å². The minimum absolute atomic E-state index is 0.00174. The van der Waals surface area contributed by atoms with Crippen molar-refractivity contribution in [2.75, 3.05) is 0 Å². The van der Waals surface area contributed by atoms with E-state index >= 15 is 0 Å². The third-order valence-corrected chi connectivity index (χ3v) is 3.56. The summed E-state index contributed by atoms with van der Waals surface area (Å²) in [7, 11) is 0. The molecule has 14 heavy (non-hydrogen) atoms. The van der Waals surface area contributed by atoms with Gasteiger partial charge in [-0.2, -0.15) is 0 Å². The number of allylic oxidation sites excluding steroid dienone is 3. The Morgan fingerprint density at radius 1 is 1.50 bits per heavy atom. The van der Waals surface area contributed by atoms with Crippen LogP contribution in [0.25, 0.3) is 0 Å². The van der Waals surface area contributed by atoms with Crippen LogP contribution in [0, 0.1) is 5.41 Å². The Balaban J connectivity index is 2.37. The highest BCUT2D eigenvalue weighted by Crippen LogP contribution is 2.47. The van der Waals surface area contributed by atoms with E-state index in [4.69, 9.17) is 5.11 Å². The first kappa shape index (κ1) is 9.50. The number of aliphatic hydroxyl groups excluding tert-OH is 1. The van der Waals surface area contributed by atoms with E-state index in [0.717, 1.165) is 19.1 Å². The molecule has 2 rings (SSSR count). The summed E-state index contributed by atoms with van der Waals surface area (Å²) in [6, 6.07) is 0. The zero-order valence-electron chi connectivity index (χ0n) is 8.55. The van der Waals surface area contributed by atoms with Crippen LogP contribution < -0.4 is 0 Å². The lowest BCUT2D eigenvalue weighted by Gasteiger charge is -2.39. The lowest BCUT2D eigenvalue weighted by molar-refractivity contribution is -0.112. The van der Waals surface area contributed by atoms with Crippen LogP contribution in [-0.4, -0.2) is 10.9 Å². The molecule has 0 aromatic carbocycles. The second kappa shape index (κ2) is 3.26. The van der Waals surface area contributed by atoms with Crippen molar-refractivity contribution in [2.24, 2.45) is 5.41 Å². The molecule has 76 valence electrons. The predicted molar refractivity (Wildman–Crippen MR) is 55.0 cm³/mol. The van der Waals surface area contributed by atoms with Gasteiger partial charge in [0.05, 0.1) is 6.26 Å². The second-order valence-corrected chi connectivity index (χ2v) is 4.63. The number of rotatable bonds is 0. The Morgan fingerprint density at radius 2 is 2.29 bits per heavy atom. The van der Waals surface area contributed by atoms with Crippen LogP contribution in [0.5, 0.6) is 0 Å². The molecule has 0 aliphatic heterocycles. The summed E-state index contributed by atoms with van der Waals surface area (Å²) < 4.78 is 0. The summed E-state index contributed by atoms with van der Waals surface area (Å²) in [6.07, 6.45) is 8.08. The lowest BCUT2D eigenvalue weighted by Crippen LogP contribution is -2.29. The predicted octanol–water partition coefficient (Wildman–Crippen LogP) is 2.91. The maximum atomic E-state index is 11.5. The third kappa shape index (κ3) is 1.39. The van der Waals surface area contributed by atoms with Crippen LogP contribution in [0.15, 0.2) is 23.5 Å². The van der Waals surface area contributed by atoms with Crippen molar-refractivity contribution in [3.05, 3.63) is 23.5 Å². The number of hydrogen-bond donors (Lipinski definition) is 1. The summed E-state index contributed by atoms with van der Waals surface area (Å²) in [5.74, 6) is 0.00174. The van der Waals surface area contributed by atoms with Gasteiger partial charge >= 0.3 is 0 Å². The van der Waals surface area contributed by atoms with Gasteiger partial charge in [0, 0.05) is 5.57 Å². The first-order chi connectivity index (χ1) is 6.65. The Kier molecular flexibility index (Phi) is 2.22. The molecule has 0 heterocycles. The zero-order valence-corrected chi connectivity index (χ0v) is 8.55. The summed E-state index contributed by atoms with van der Waals surface area (Å²) in [5, 5.41) is 8.95. The highest BCUT2D eigenvalue weighted by Gasteiger charge is 2.37. The summed E-state index contributed by atoms with van der Waals surface area (Å²) in [6.45, 7) is 2.20. The van der Waals surface area contributed by atoms with Gasteiger partial charge in [0.2, 0.25) is 0 Å². The molecule has 0 radical (unpaired) electrons. The van der Waals surface area contributed by atoms with Crippen molar-refractivity contribution >= 4 is 5.78 Å². The monoisotopic (exact) mass is 192 g/mol. The molecule has 1 atom stereocenters. The number of carbonyl (C=O) groups is 1. The molecule has 1 fully saturated rings. The van der Waals surface area contributed by atoms with Crippen molar-refractivity contribution in [1.29, 1.82) is 0 Å². The van der Waals surface area contributed by atoms with Gasteiger partial charge in [0.25, 0.3) is 0 Å². The Morgan fingerprint density at radius 3 is 3.00 bits per heavy atom. The fraction of sp³-hybridized carbons (Fsp3) is 0.583. The minimum atomic E-state index is 0.00174. The molecule has 2 aliphatic carbocycles. The largest absolute Gasteiger partial charge is 0.515 e. The lowest BCUT2D eigenvalue weighted by atomic mass is 9.65. The van der Waals surface area contributed by atoms with E-state index in [1.54, 1.807) is 6.08 Å².